The molecule has 1 amide bonds. The van der Waals surface area contributed by atoms with Gasteiger partial charge in [-0.25, -0.2) is 0 Å². The molecule has 0 aliphatic carbocycles. The van der Waals surface area contributed by atoms with Crippen molar-refractivity contribution in [3.8, 4) is 0 Å². The maximum Gasteiger partial charge on any atom is 0.252 e. The first-order valence-corrected chi connectivity index (χ1v) is 8.57. The summed E-state index contributed by atoms with van der Waals surface area (Å²) in [6.07, 6.45) is 1.79. The maximum absolute atomic E-state index is 12.5. The predicted molar refractivity (Wildman–Crippen MR) is 87.5 cm³/mol. The third-order valence-electron chi connectivity index (χ3n) is 4.11. The Hall–Kier alpha value is -1.69. The number of hydrogen-bond acceptors (Lipinski definition) is 4. The van der Waals surface area contributed by atoms with Crippen LogP contribution in [0.3, 0.4) is 0 Å². The van der Waals surface area contributed by atoms with Crippen LogP contribution in [-0.4, -0.2) is 26.7 Å². The van der Waals surface area contributed by atoms with E-state index in [4.69, 9.17) is 0 Å². The Morgan fingerprint density at radius 1 is 1.41 bits per heavy atom. The third-order valence-corrected chi connectivity index (χ3v) is 5.08. The Morgan fingerprint density at radius 3 is 2.82 bits per heavy atom. The van der Waals surface area contributed by atoms with Crippen molar-refractivity contribution in [3.05, 3.63) is 33.0 Å². The Kier molecular flexibility index (Phi) is 4.04. The van der Waals surface area contributed by atoms with Gasteiger partial charge >= 0.3 is 0 Å². The molecule has 0 saturated heterocycles. The van der Waals surface area contributed by atoms with E-state index in [0.717, 1.165) is 41.5 Å². The molecule has 3 rings (SSSR count). The minimum Gasteiger partial charge on any atom is -0.347 e. The summed E-state index contributed by atoms with van der Waals surface area (Å²) in [5, 5.41) is 11.7. The second-order valence-corrected chi connectivity index (χ2v) is 7.74. The molecule has 1 atom stereocenters. The minimum atomic E-state index is 0.0365. The number of nitrogens with zero attached hydrogens (tertiary/aromatic N) is 3. The molecule has 2 aromatic rings. The Balaban J connectivity index is 1.73. The molecule has 1 N–H and O–H groups in total. The van der Waals surface area contributed by atoms with Gasteiger partial charge in [-0.3, -0.25) is 4.79 Å². The molecule has 3 heterocycles. The number of amides is 1. The van der Waals surface area contributed by atoms with Gasteiger partial charge in [-0.05, 0) is 26.3 Å². The lowest BCUT2D eigenvalue weighted by molar-refractivity contribution is 0.0927. The largest absolute Gasteiger partial charge is 0.347 e. The summed E-state index contributed by atoms with van der Waals surface area (Å²) in [6.45, 7) is 9.05. The van der Waals surface area contributed by atoms with Crippen molar-refractivity contribution in [1.82, 2.24) is 20.1 Å². The van der Waals surface area contributed by atoms with Gasteiger partial charge in [0.2, 0.25) is 0 Å². The molecule has 0 bridgehead atoms. The number of thiophene rings is 1. The molecule has 0 radical (unpaired) electrons. The Bertz CT molecular complexity index is 701. The molecule has 5 nitrogen and oxygen atoms in total. The van der Waals surface area contributed by atoms with E-state index in [9.17, 15) is 4.79 Å². The quantitative estimate of drug-likeness (QED) is 0.946. The second kappa shape index (κ2) is 5.83. The molecule has 0 fully saturated rings. The first kappa shape index (κ1) is 15.2. The van der Waals surface area contributed by atoms with Gasteiger partial charge in [0.05, 0.1) is 5.56 Å². The van der Waals surface area contributed by atoms with E-state index >= 15 is 0 Å². The number of carbonyl (C=O) groups is 1. The lowest BCUT2D eigenvalue weighted by Gasteiger charge is -2.26. The van der Waals surface area contributed by atoms with Crippen molar-refractivity contribution in [1.29, 1.82) is 0 Å². The molecule has 0 spiro atoms. The summed E-state index contributed by atoms with van der Waals surface area (Å²) in [5.74, 6) is 2.43. The van der Waals surface area contributed by atoms with Gasteiger partial charge in [0.1, 0.15) is 11.6 Å². The van der Waals surface area contributed by atoms with Gasteiger partial charge in [-0.1, -0.05) is 13.8 Å². The zero-order valence-electron chi connectivity index (χ0n) is 13.5. The van der Waals surface area contributed by atoms with Crippen LogP contribution in [0.5, 0.6) is 0 Å². The summed E-state index contributed by atoms with van der Waals surface area (Å²) < 4.78 is 2.17. The summed E-state index contributed by atoms with van der Waals surface area (Å²) in [7, 11) is 0. The first-order valence-electron chi connectivity index (χ1n) is 7.75. The number of carbonyl (C=O) groups excluding carboxylic acids is 1. The van der Waals surface area contributed by atoms with Gasteiger partial charge in [0.25, 0.3) is 5.91 Å². The van der Waals surface area contributed by atoms with Gasteiger partial charge in [-0.15, -0.1) is 21.5 Å². The number of rotatable bonds is 3. The van der Waals surface area contributed by atoms with Crippen LogP contribution in [0.25, 0.3) is 0 Å². The molecule has 0 unspecified atom stereocenters. The van der Waals surface area contributed by atoms with Crippen molar-refractivity contribution >= 4 is 17.2 Å². The van der Waals surface area contributed by atoms with Crippen LogP contribution in [0.2, 0.25) is 0 Å². The van der Waals surface area contributed by atoms with Gasteiger partial charge in [0, 0.05) is 34.7 Å². The number of nitrogens with one attached hydrogen (secondary N) is 1. The molecule has 0 aromatic carbocycles. The van der Waals surface area contributed by atoms with Gasteiger partial charge in [-0.2, -0.15) is 0 Å². The number of hydrogen-bond donors (Lipinski definition) is 1. The molecule has 6 heteroatoms. The molecule has 1 aliphatic heterocycles. The standard InChI is InChI=1S/C16H22N4OS/c1-9(2)15-19-18-14-6-5-12(8-20(14)15)17-16(21)13-7-10(3)22-11(13)4/h7,9,12H,5-6,8H2,1-4H3,(H,17,21)/t12-/m1/s1. The summed E-state index contributed by atoms with van der Waals surface area (Å²) >= 11 is 1.67. The Morgan fingerprint density at radius 2 is 2.18 bits per heavy atom. The van der Waals surface area contributed by atoms with Crippen LogP contribution in [0, 0.1) is 13.8 Å². The van der Waals surface area contributed by atoms with E-state index in [0.29, 0.717) is 5.92 Å². The van der Waals surface area contributed by atoms with Gasteiger partial charge < -0.3 is 9.88 Å². The van der Waals surface area contributed by atoms with Crippen LogP contribution in [0.1, 0.15) is 57.9 Å². The highest BCUT2D eigenvalue weighted by atomic mass is 32.1. The molecule has 2 aromatic heterocycles. The molecular formula is C16H22N4OS. The lowest BCUT2D eigenvalue weighted by atomic mass is 10.1. The fraction of sp³-hybridized carbons (Fsp3) is 0.562. The zero-order chi connectivity index (χ0) is 15.9. The van der Waals surface area contributed by atoms with Crippen molar-refractivity contribution in [2.45, 2.75) is 59.0 Å². The van der Waals surface area contributed by atoms with Crippen LogP contribution < -0.4 is 5.32 Å². The van der Waals surface area contributed by atoms with Crippen LogP contribution >= 0.6 is 11.3 Å². The fourth-order valence-corrected chi connectivity index (χ4v) is 3.93. The predicted octanol–water partition coefficient (Wildman–Crippen LogP) is 2.82. The normalized spacial score (nSPS) is 17.6. The molecule has 1 aliphatic rings. The number of aryl methyl sites for hydroxylation is 3. The summed E-state index contributed by atoms with van der Waals surface area (Å²) in [4.78, 5) is 14.7. The summed E-state index contributed by atoms with van der Waals surface area (Å²) in [5.41, 5.74) is 0.807. The van der Waals surface area contributed by atoms with E-state index < -0.39 is 0 Å². The van der Waals surface area contributed by atoms with E-state index in [1.54, 1.807) is 11.3 Å². The molecule has 22 heavy (non-hydrogen) atoms. The van der Waals surface area contributed by atoms with Crippen molar-refractivity contribution in [2.75, 3.05) is 0 Å². The Labute approximate surface area is 134 Å². The van der Waals surface area contributed by atoms with Crippen LogP contribution in [0.4, 0.5) is 0 Å². The average molecular weight is 318 g/mol. The fourth-order valence-electron chi connectivity index (χ4n) is 3.01. The number of aromatic nitrogens is 3. The highest BCUT2D eigenvalue weighted by molar-refractivity contribution is 7.12. The first-order chi connectivity index (χ1) is 10.5. The SMILES string of the molecule is Cc1cc(C(=O)N[C@@H]2CCc3nnc(C(C)C)n3C2)c(C)s1. The minimum absolute atomic E-state index is 0.0365. The lowest BCUT2D eigenvalue weighted by Crippen LogP contribution is -2.41. The van der Waals surface area contributed by atoms with Crippen molar-refractivity contribution in [2.24, 2.45) is 0 Å². The molecule has 0 saturated carbocycles. The highest BCUT2D eigenvalue weighted by Crippen LogP contribution is 2.23. The van der Waals surface area contributed by atoms with E-state index in [2.05, 4.69) is 33.9 Å². The highest BCUT2D eigenvalue weighted by Gasteiger charge is 2.25. The topological polar surface area (TPSA) is 59.8 Å². The molecular weight excluding hydrogens is 296 g/mol. The second-order valence-electron chi connectivity index (χ2n) is 6.28. The van der Waals surface area contributed by atoms with E-state index in [-0.39, 0.29) is 11.9 Å². The maximum atomic E-state index is 12.5. The smallest absolute Gasteiger partial charge is 0.252 e. The number of fused-ring (bicyclic) bond motifs is 1. The third kappa shape index (κ3) is 2.79. The zero-order valence-corrected chi connectivity index (χ0v) is 14.3. The van der Waals surface area contributed by atoms with Crippen LogP contribution in [-0.2, 0) is 13.0 Å². The van der Waals surface area contributed by atoms with Crippen molar-refractivity contribution in [3.63, 3.8) is 0 Å². The van der Waals surface area contributed by atoms with E-state index in [1.807, 2.05) is 19.9 Å². The monoisotopic (exact) mass is 318 g/mol. The van der Waals surface area contributed by atoms with Crippen LogP contribution in [0.15, 0.2) is 6.07 Å². The average Bonchev–Trinajstić information content (AvgIpc) is 3.01. The van der Waals surface area contributed by atoms with Crippen molar-refractivity contribution < 1.29 is 4.79 Å². The van der Waals surface area contributed by atoms with E-state index in [1.165, 1.54) is 4.88 Å². The molecule has 118 valence electrons. The summed E-state index contributed by atoms with van der Waals surface area (Å²) in [6, 6.07) is 2.12. The van der Waals surface area contributed by atoms with Gasteiger partial charge in [0.15, 0.2) is 0 Å².